The van der Waals surface area contributed by atoms with Gasteiger partial charge in [0, 0.05) is 24.3 Å². The van der Waals surface area contributed by atoms with Crippen LogP contribution in [0, 0.1) is 5.41 Å². The van der Waals surface area contributed by atoms with Crippen molar-refractivity contribution in [3.63, 3.8) is 0 Å². The summed E-state index contributed by atoms with van der Waals surface area (Å²) in [5.41, 5.74) is 12.9. The topological polar surface area (TPSA) is 85.0 Å². The lowest BCUT2D eigenvalue weighted by Crippen LogP contribution is -2.38. The summed E-state index contributed by atoms with van der Waals surface area (Å²) < 4.78 is 11.2. The summed E-state index contributed by atoms with van der Waals surface area (Å²) in [6, 6.07) is 22.0. The Kier molecular flexibility index (Phi) is 8.30. The number of aliphatic hydroxyl groups excluding tert-OH is 1. The van der Waals surface area contributed by atoms with Crippen molar-refractivity contribution in [1.29, 1.82) is 0 Å². The Balaban J connectivity index is 1.43. The molecule has 1 saturated heterocycles. The van der Waals surface area contributed by atoms with Crippen LogP contribution < -0.4 is 15.4 Å². The van der Waals surface area contributed by atoms with Gasteiger partial charge in [-0.25, -0.2) is 0 Å². The van der Waals surface area contributed by atoms with Crippen molar-refractivity contribution < 1.29 is 19.4 Å². The van der Waals surface area contributed by atoms with E-state index < -0.39 is 6.04 Å². The van der Waals surface area contributed by atoms with Crippen LogP contribution in [-0.2, 0) is 22.7 Å². The fourth-order valence-corrected chi connectivity index (χ4v) is 6.07. The summed E-state index contributed by atoms with van der Waals surface area (Å²) in [6.45, 7) is 3.09. The number of hydrogen-bond donors (Lipinski definition) is 2. The van der Waals surface area contributed by atoms with Gasteiger partial charge < -0.3 is 25.2 Å². The smallest absolute Gasteiger partial charge is 0.293 e. The van der Waals surface area contributed by atoms with Crippen molar-refractivity contribution in [3.8, 4) is 16.9 Å². The molecule has 1 aliphatic heterocycles. The molecule has 1 atom stereocenters. The van der Waals surface area contributed by atoms with Gasteiger partial charge in [-0.05, 0) is 83.7 Å². The van der Waals surface area contributed by atoms with E-state index in [1.165, 1.54) is 44.2 Å². The molecule has 0 radical (unpaired) electrons. The summed E-state index contributed by atoms with van der Waals surface area (Å²) in [7, 11) is 0. The number of hydrogen-bond acceptors (Lipinski definition) is 6. The first-order valence-corrected chi connectivity index (χ1v) is 13.7. The molecule has 1 aliphatic carbocycles. The molecule has 3 N–H and O–H groups in total. The summed E-state index contributed by atoms with van der Waals surface area (Å²) in [4.78, 5) is 13.2. The Morgan fingerprint density at radius 2 is 1.71 bits per heavy atom. The molecule has 6 nitrogen and oxygen atoms in total. The second kappa shape index (κ2) is 12.0. The lowest BCUT2D eigenvalue weighted by Gasteiger charge is -2.40. The minimum atomic E-state index is -0.407. The van der Waals surface area contributed by atoms with Gasteiger partial charge in [0.05, 0.1) is 12.6 Å². The molecule has 3 aromatic carbocycles. The summed E-state index contributed by atoms with van der Waals surface area (Å²) in [5.74, 6) is 0.707. The summed E-state index contributed by atoms with van der Waals surface area (Å²) >= 11 is 0. The molecule has 6 heteroatoms. The van der Waals surface area contributed by atoms with Gasteiger partial charge in [0.25, 0.3) is 6.47 Å². The van der Waals surface area contributed by atoms with Gasteiger partial charge >= 0.3 is 0 Å². The minimum absolute atomic E-state index is 0.0919. The van der Waals surface area contributed by atoms with E-state index in [2.05, 4.69) is 35.2 Å². The highest BCUT2D eigenvalue weighted by Gasteiger charge is 2.37. The van der Waals surface area contributed by atoms with Crippen LogP contribution in [0.4, 0.5) is 5.69 Å². The van der Waals surface area contributed by atoms with Crippen molar-refractivity contribution in [2.75, 3.05) is 24.6 Å². The summed E-state index contributed by atoms with van der Waals surface area (Å²) in [6.07, 6.45) is 8.03. The molecule has 1 heterocycles. The lowest BCUT2D eigenvalue weighted by atomic mass is 9.77. The number of para-hydroxylation sites is 1. The third kappa shape index (κ3) is 6.03. The SMILES string of the molecule is N[C@@H](CO)c1cccc(-c2cc(COc3ccccc3COC=O)cc(N3CCC4(CCCC4)CC3)c2)c1. The van der Waals surface area contributed by atoms with E-state index in [4.69, 9.17) is 15.2 Å². The molecule has 0 amide bonds. The Bertz CT molecular complexity index is 1230. The van der Waals surface area contributed by atoms with E-state index in [0.717, 1.165) is 40.9 Å². The maximum Gasteiger partial charge on any atom is 0.293 e. The molecule has 38 heavy (non-hydrogen) atoms. The Morgan fingerprint density at radius 3 is 2.47 bits per heavy atom. The third-order valence-electron chi connectivity index (χ3n) is 8.35. The molecule has 1 saturated carbocycles. The first-order valence-electron chi connectivity index (χ1n) is 13.7. The fraction of sp³-hybridized carbons (Fsp3) is 0.406. The standard InChI is InChI=1S/C32H38N2O4/c33-30(20-35)26-8-5-7-25(18-26)28-16-24(21-38-31-9-2-1-6-27(31)22-37-23-36)17-29(19-28)34-14-12-32(13-15-34)10-3-4-11-32/h1-2,5-9,16-19,23,30,35H,3-4,10-15,20-22,33H2/t30-/m0/s1. The molecule has 2 aliphatic rings. The van der Waals surface area contributed by atoms with Gasteiger partial charge in [-0.15, -0.1) is 0 Å². The first-order chi connectivity index (χ1) is 18.6. The predicted octanol–water partition coefficient (Wildman–Crippen LogP) is 5.76. The van der Waals surface area contributed by atoms with Crippen molar-refractivity contribution in [2.24, 2.45) is 11.1 Å². The molecule has 3 aromatic rings. The Hall–Kier alpha value is -3.35. The predicted molar refractivity (Wildman–Crippen MR) is 150 cm³/mol. The van der Waals surface area contributed by atoms with Gasteiger partial charge in [-0.2, -0.15) is 0 Å². The van der Waals surface area contributed by atoms with Crippen molar-refractivity contribution in [1.82, 2.24) is 0 Å². The number of carbonyl (C=O) groups excluding carboxylic acids is 1. The van der Waals surface area contributed by atoms with E-state index in [1.807, 2.05) is 36.4 Å². The molecule has 0 aromatic heterocycles. The average Bonchev–Trinajstić information content (AvgIpc) is 3.42. The van der Waals surface area contributed by atoms with Crippen LogP contribution in [0.25, 0.3) is 11.1 Å². The van der Waals surface area contributed by atoms with Crippen molar-refractivity contribution in [2.45, 2.75) is 57.8 Å². The van der Waals surface area contributed by atoms with Crippen LogP contribution in [0.2, 0.25) is 0 Å². The van der Waals surface area contributed by atoms with Gasteiger partial charge in [0.15, 0.2) is 0 Å². The number of aliphatic hydroxyl groups is 1. The number of ether oxygens (including phenoxy) is 2. The maximum atomic E-state index is 10.7. The zero-order valence-electron chi connectivity index (χ0n) is 22.0. The molecular formula is C32H38N2O4. The van der Waals surface area contributed by atoms with Gasteiger partial charge in [-0.3, -0.25) is 4.79 Å². The number of nitrogens with two attached hydrogens (primary N) is 1. The maximum absolute atomic E-state index is 10.7. The molecule has 0 bridgehead atoms. The number of nitrogens with zero attached hydrogens (tertiary/aromatic N) is 1. The normalized spacial score (nSPS) is 17.4. The van der Waals surface area contributed by atoms with E-state index in [9.17, 15) is 9.90 Å². The molecular weight excluding hydrogens is 476 g/mol. The number of benzene rings is 3. The Morgan fingerprint density at radius 1 is 0.921 bits per heavy atom. The van der Waals surface area contributed by atoms with Crippen molar-refractivity contribution in [3.05, 3.63) is 83.4 Å². The zero-order chi connectivity index (χ0) is 26.4. The van der Waals surface area contributed by atoms with Crippen LogP contribution in [0.3, 0.4) is 0 Å². The zero-order valence-corrected chi connectivity index (χ0v) is 22.0. The monoisotopic (exact) mass is 514 g/mol. The molecule has 1 spiro atoms. The van der Waals surface area contributed by atoms with Gasteiger partial charge in [-0.1, -0.05) is 49.2 Å². The average molecular weight is 515 g/mol. The fourth-order valence-electron chi connectivity index (χ4n) is 6.07. The molecule has 0 unspecified atom stereocenters. The van der Waals surface area contributed by atoms with E-state index in [1.54, 1.807) is 0 Å². The molecule has 200 valence electrons. The third-order valence-corrected chi connectivity index (χ3v) is 8.35. The van der Waals surface area contributed by atoms with Crippen LogP contribution >= 0.6 is 0 Å². The second-order valence-electron chi connectivity index (χ2n) is 10.8. The highest BCUT2D eigenvalue weighted by Crippen LogP contribution is 2.47. The van der Waals surface area contributed by atoms with Crippen LogP contribution in [0.5, 0.6) is 5.75 Å². The van der Waals surface area contributed by atoms with E-state index in [-0.39, 0.29) is 13.2 Å². The number of anilines is 1. The highest BCUT2D eigenvalue weighted by molar-refractivity contribution is 5.70. The van der Waals surface area contributed by atoms with Gasteiger partial charge in [0.2, 0.25) is 0 Å². The summed E-state index contributed by atoms with van der Waals surface area (Å²) in [5, 5.41) is 9.57. The van der Waals surface area contributed by atoms with E-state index in [0.29, 0.717) is 24.2 Å². The van der Waals surface area contributed by atoms with Crippen LogP contribution in [-0.4, -0.2) is 31.3 Å². The largest absolute Gasteiger partial charge is 0.488 e. The molecule has 5 rings (SSSR count). The number of piperidine rings is 1. The lowest BCUT2D eigenvalue weighted by molar-refractivity contribution is -0.129. The quantitative estimate of drug-likeness (QED) is 0.335. The van der Waals surface area contributed by atoms with Gasteiger partial charge in [0.1, 0.15) is 19.0 Å². The van der Waals surface area contributed by atoms with Crippen molar-refractivity contribution >= 4 is 12.2 Å². The first kappa shape index (κ1) is 26.3. The van der Waals surface area contributed by atoms with E-state index >= 15 is 0 Å². The van der Waals surface area contributed by atoms with Crippen LogP contribution in [0.1, 0.15) is 61.3 Å². The minimum Gasteiger partial charge on any atom is -0.488 e. The number of rotatable bonds is 10. The number of carbonyl (C=O) groups is 1. The Labute approximate surface area is 225 Å². The highest BCUT2D eigenvalue weighted by atomic mass is 16.5. The van der Waals surface area contributed by atoms with Crippen LogP contribution in [0.15, 0.2) is 66.7 Å². The molecule has 2 fully saturated rings. The second-order valence-corrected chi connectivity index (χ2v) is 10.8.